The van der Waals surface area contributed by atoms with Gasteiger partial charge in [0.25, 0.3) is 0 Å². The molecule has 2 spiro atoms. The minimum atomic E-state index is -0.618. The number of anilines is 1. The number of benzene rings is 1. The summed E-state index contributed by atoms with van der Waals surface area (Å²) < 4.78 is 14.6. The summed E-state index contributed by atoms with van der Waals surface area (Å²) in [6, 6.07) is 7.68. The number of fused-ring (bicyclic) bond motifs is 4. The van der Waals surface area contributed by atoms with Gasteiger partial charge in [0, 0.05) is 24.9 Å². The molecule has 0 unspecified atom stereocenters. The van der Waals surface area contributed by atoms with Gasteiger partial charge in [-0.05, 0) is 137 Å². The van der Waals surface area contributed by atoms with E-state index in [9.17, 15) is 4.79 Å². The molecule has 1 aromatic carbocycles. The van der Waals surface area contributed by atoms with E-state index < -0.39 is 22.9 Å². The van der Waals surface area contributed by atoms with E-state index in [-0.39, 0.29) is 47.8 Å². The van der Waals surface area contributed by atoms with Crippen molar-refractivity contribution in [3.8, 4) is 0 Å². The summed E-state index contributed by atoms with van der Waals surface area (Å²) in [5.41, 5.74) is 0.768. The predicted molar refractivity (Wildman–Crippen MR) is 194 cm³/mol. The fraction of sp³-hybridized carbons (Fsp3) is 0.810. The van der Waals surface area contributed by atoms with Crippen molar-refractivity contribution in [1.82, 2.24) is 0 Å². The molecule has 4 saturated carbocycles. The fourth-order valence-corrected chi connectivity index (χ4v) is 13.0. The van der Waals surface area contributed by atoms with Crippen LogP contribution in [0.1, 0.15) is 118 Å². The van der Waals surface area contributed by atoms with Crippen LogP contribution < -0.4 is 5.32 Å². The second kappa shape index (κ2) is 12.7. The lowest BCUT2D eigenvalue weighted by Crippen LogP contribution is -2.71. The number of nitrogens with one attached hydrogen (secondary N) is 1. The molecule has 6 saturated heterocycles. The molecule has 4 bridgehead atoms. The molecule has 1 aromatic rings. The molecule has 10 heteroatoms. The Kier molecular flexibility index (Phi) is 8.72. The van der Waals surface area contributed by atoms with E-state index in [0.717, 1.165) is 69.1 Å². The number of nitrogens with zero attached hydrogens (tertiary/aromatic N) is 1. The van der Waals surface area contributed by atoms with Crippen molar-refractivity contribution in [3.05, 3.63) is 29.8 Å². The van der Waals surface area contributed by atoms with Crippen molar-refractivity contribution in [3.63, 3.8) is 0 Å². The Labute approximate surface area is 309 Å². The van der Waals surface area contributed by atoms with Gasteiger partial charge in [0.2, 0.25) is 0 Å². The number of carbonyl (C=O) groups is 1. The van der Waals surface area contributed by atoms with Gasteiger partial charge in [0.15, 0.2) is 0 Å². The number of hydrogen-bond acceptors (Lipinski definition) is 9. The number of rotatable bonds is 5. The minimum absolute atomic E-state index is 0.0641. The highest BCUT2D eigenvalue weighted by Crippen LogP contribution is 2.63. The van der Waals surface area contributed by atoms with Crippen molar-refractivity contribution in [1.29, 1.82) is 0 Å². The van der Waals surface area contributed by atoms with Gasteiger partial charge in [-0.2, -0.15) is 0 Å². The maximum atomic E-state index is 13.3. The third-order valence-corrected chi connectivity index (χ3v) is 15.8. The van der Waals surface area contributed by atoms with Gasteiger partial charge in [-0.25, -0.2) is 24.3 Å². The maximum Gasteiger partial charge on any atom is 0.437 e. The summed E-state index contributed by atoms with van der Waals surface area (Å²) in [7, 11) is 0. The molecule has 4 aliphatic carbocycles. The van der Waals surface area contributed by atoms with E-state index in [2.05, 4.69) is 46.9 Å². The zero-order valence-electron chi connectivity index (χ0n) is 32.2. The first-order valence-electron chi connectivity index (χ1n) is 20.5. The smallest absolute Gasteiger partial charge is 0.371 e. The van der Waals surface area contributed by atoms with Crippen molar-refractivity contribution in [2.45, 2.75) is 166 Å². The number of carbonyl (C=O) groups excluding carboxylic acids is 1. The molecule has 1 N–H and O–H groups in total. The van der Waals surface area contributed by atoms with Gasteiger partial charge >= 0.3 is 6.09 Å². The van der Waals surface area contributed by atoms with Gasteiger partial charge < -0.3 is 9.47 Å². The Morgan fingerprint density at radius 3 is 2.00 bits per heavy atom. The second-order valence-electron chi connectivity index (χ2n) is 19.0. The van der Waals surface area contributed by atoms with E-state index in [1.54, 1.807) is 0 Å². The Bertz CT molecular complexity index is 1590. The fourth-order valence-electron chi connectivity index (χ4n) is 13.0. The van der Waals surface area contributed by atoms with E-state index >= 15 is 0 Å². The van der Waals surface area contributed by atoms with Crippen LogP contribution in [0, 0.1) is 54.3 Å². The summed E-state index contributed by atoms with van der Waals surface area (Å²) >= 11 is 0. The SMILES string of the molecule is Cc1cccc(NC(=O)O/N=C(/C[C@H]2O[C@@H]3C[C@@]4(C)CC[C@H]5[C@H](C)CC[C@@H]([C@H]2C)[C@@]35OO4)[C@H]2O[C@@H]3C[C@@]4(C)CC[C@H]5[C@H](C)CC[C@@H]([C@H]2C)[C@@]35OO4)c1. The van der Waals surface area contributed by atoms with Crippen LogP contribution >= 0.6 is 0 Å². The highest BCUT2D eigenvalue weighted by molar-refractivity contribution is 5.91. The molecule has 10 nitrogen and oxygen atoms in total. The van der Waals surface area contributed by atoms with Crippen LogP contribution in [0.2, 0.25) is 0 Å². The summed E-state index contributed by atoms with van der Waals surface area (Å²) in [5, 5.41) is 7.62. The Morgan fingerprint density at radius 1 is 0.788 bits per heavy atom. The molecule has 0 radical (unpaired) electrons. The highest BCUT2D eigenvalue weighted by atomic mass is 17.2. The normalized spacial score (nSPS) is 50.7. The number of oxime groups is 1. The topological polar surface area (TPSA) is 106 Å². The highest BCUT2D eigenvalue weighted by Gasteiger charge is 2.70. The Hall–Kier alpha value is -2.08. The number of aryl methyl sites for hydroxylation is 1. The van der Waals surface area contributed by atoms with Gasteiger partial charge in [-0.3, -0.25) is 10.2 Å². The molecular weight excluding hydrogens is 660 g/mol. The van der Waals surface area contributed by atoms with Crippen molar-refractivity contribution >= 4 is 17.5 Å². The van der Waals surface area contributed by atoms with Crippen LogP contribution in [0.5, 0.6) is 0 Å². The molecule has 11 rings (SSSR count). The zero-order valence-corrected chi connectivity index (χ0v) is 32.2. The van der Waals surface area contributed by atoms with Crippen LogP contribution in [0.3, 0.4) is 0 Å². The third kappa shape index (κ3) is 5.47. The summed E-state index contributed by atoms with van der Waals surface area (Å²) in [4.78, 5) is 44.9. The summed E-state index contributed by atoms with van der Waals surface area (Å²) in [5.74, 6) is 2.63. The van der Waals surface area contributed by atoms with Crippen LogP contribution in [0.15, 0.2) is 29.4 Å². The van der Waals surface area contributed by atoms with E-state index in [4.69, 9.17) is 39.0 Å². The first-order valence-corrected chi connectivity index (χ1v) is 20.5. The zero-order chi connectivity index (χ0) is 36.2. The quantitative estimate of drug-likeness (QED) is 0.139. The number of hydrogen-bond donors (Lipinski definition) is 1. The number of ether oxygens (including phenoxy) is 2. The molecular formula is C42H60N2O8. The van der Waals surface area contributed by atoms with Crippen LogP contribution in [-0.2, 0) is 33.9 Å². The van der Waals surface area contributed by atoms with E-state index in [1.165, 1.54) is 6.42 Å². The van der Waals surface area contributed by atoms with Crippen molar-refractivity contribution < 1.29 is 38.7 Å². The number of amides is 1. The van der Waals surface area contributed by atoms with Crippen molar-refractivity contribution in [2.24, 2.45) is 52.5 Å². The summed E-state index contributed by atoms with van der Waals surface area (Å²) in [6.45, 7) is 15.7. The maximum absolute atomic E-state index is 13.3. The van der Waals surface area contributed by atoms with Gasteiger partial charge in [0.1, 0.15) is 28.5 Å². The van der Waals surface area contributed by atoms with Gasteiger partial charge in [-0.15, -0.1) is 0 Å². The molecule has 6 aliphatic heterocycles. The average molecular weight is 721 g/mol. The van der Waals surface area contributed by atoms with E-state index in [0.29, 0.717) is 41.7 Å². The lowest BCUT2D eigenvalue weighted by atomic mass is 9.55. The molecule has 52 heavy (non-hydrogen) atoms. The standard InChI is InChI=1S/C42H60N2O8/c1-23-9-8-10-28(19-23)43-38(45)48-44-33(37-27(5)32-14-12-25(3)30-16-18-40(7)22-36(47-37)42(30,32)52-50-40)20-34-26(4)31-13-11-24(2)29-15-17-39(6)21-35(46-34)41(29,31)51-49-39/h8-10,19,24-27,29-32,34-37H,11-18,20-22H2,1-7H3,(H,43,45)/b44-33-/t24-,25-,26-,27-,29+,30+,31+,32+,34-,35-,36-,37+,39-,40-,41-,42-/m1/s1. The average Bonchev–Trinajstić information content (AvgIpc) is 3.48. The Balaban J connectivity index is 1.05. The van der Waals surface area contributed by atoms with Crippen LogP contribution in [-0.4, -0.2) is 58.6 Å². The first kappa shape index (κ1) is 35.6. The van der Waals surface area contributed by atoms with Gasteiger partial charge in [-0.1, -0.05) is 45.0 Å². The molecule has 10 aliphatic rings. The van der Waals surface area contributed by atoms with Crippen LogP contribution in [0.25, 0.3) is 0 Å². The molecule has 286 valence electrons. The lowest BCUT2D eigenvalue weighted by Gasteiger charge is -2.62. The third-order valence-electron chi connectivity index (χ3n) is 15.8. The molecule has 6 heterocycles. The largest absolute Gasteiger partial charge is 0.437 e. The van der Waals surface area contributed by atoms with Crippen LogP contribution in [0.4, 0.5) is 10.5 Å². The minimum Gasteiger partial charge on any atom is -0.371 e. The van der Waals surface area contributed by atoms with E-state index in [1.807, 2.05) is 31.2 Å². The molecule has 16 atom stereocenters. The molecule has 10 fully saturated rings. The Morgan fingerprint density at radius 2 is 1.38 bits per heavy atom. The monoisotopic (exact) mass is 720 g/mol. The van der Waals surface area contributed by atoms with Crippen molar-refractivity contribution in [2.75, 3.05) is 5.32 Å². The van der Waals surface area contributed by atoms with Gasteiger partial charge in [0.05, 0.1) is 24.0 Å². The predicted octanol–water partition coefficient (Wildman–Crippen LogP) is 8.71. The molecule has 1 amide bonds. The summed E-state index contributed by atoms with van der Waals surface area (Å²) in [6.07, 6.45) is 9.33. The second-order valence-corrected chi connectivity index (χ2v) is 19.0. The lowest BCUT2D eigenvalue weighted by molar-refractivity contribution is -0.487. The molecule has 0 aromatic heterocycles. The first-order chi connectivity index (χ1) is 24.8.